The van der Waals surface area contributed by atoms with E-state index in [0.29, 0.717) is 6.54 Å². The molecule has 0 bridgehead atoms. The molecule has 0 unspecified atom stereocenters. The standard InChI is InChI=1S/C13H17BrN2/c1-10-6-11(4-5-12(10)14)7-16-9-13(2,3)8-15/h4-6,16H,7,9H2,1-3H3. The highest BCUT2D eigenvalue weighted by atomic mass is 79.9. The summed E-state index contributed by atoms with van der Waals surface area (Å²) in [6.45, 7) is 7.46. The van der Waals surface area contributed by atoms with E-state index in [1.807, 2.05) is 13.8 Å². The number of rotatable bonds is 4. The van der Waals surface area contributed by atoms with E-state index < -0.39 is 0 Å². The van der Waals surface area contributed by atoms with Gasteiger partial charge in [-0.25, -0.2) is 0 Å². The molecule has 0 aliphatic heterocycles. The SMILES string of the molecule is Cc1cc(CNCC(C)(C)C#N)ccc1Br. The van der Waals surface area contributed by atoms with Gasteiger partial charge in [0.25, 0.3) is 0 Å². The van der Waals surface area contributed by atoms with Gasteiger partial charge in [0.1, 0.15) is 0 Å². The van der Waals surface area contributed by atoms with Crippen LogP contribution in [-0.2, 0) is 6.54 Å². The van der Waals surface area contributed by atoms with Gasteiger partial charge in [-0.3, -0.25) is 0 Å². The van der Waals surface area contributed by atoms with Crippen LogP contribution < -0.4 is 5.32 Å². The van der Waals surface area contributed by atoms with Crippen LogP contribution in [0, 0.1) is 23.7 Å². The van der Waals surface area contributed by atoms with Crippen molar-refractivity contribution in [3.05, 3.63) is 33.8 Å². The summed E-state index contributed by atoms with van der Waals surface area (Å²) in [5, 5.41) is 12.2. The predicted molar refractivity (Wildman–Crippen MR) is 70.0 cm³/mol. The molecule has 0 fully saturated rings. The first kappa shape index (κ1) is 13.2. The van der Waals surface area contributed by atoms with Gasteiger partial charge in [0.05, 0.1) is 11.5 Å². The smallest absolute Gasteiger partial charge is 0.0697 e. The zero-order chi connectivity index (χ0) is 12.2. The molecule has 2 nitrogen and oxygen atoms in total. The molecule has 0 atom stereocenters. The molecule has 1 N–H and O–H groups in total. The van der Waals surface area contributed by atoms with Crippen LogP contribution in [0.3, 0.4) is 0 Å². The highest BCUT2D eigenvalue weighted by Crippen LogP contribution is 2.17. The third-order valence-corrected chi connectivity index (χ3v) is 3.31. The predicted octanol–water partition coefficient (Wildman–Crippen LogP) is 3.40. The molecular weight excluding hydrogens is 264 g/mol. The largest absolute Gasteiger partial charge is 0.311 e. The van der Waals surface area contributed by atoms with Crippen LogP contribution in [0.5, 0.6) is 0 Å². The lowest BCUT2D eigenvalue weighted by atomic mass is 9.96. The summed E-state index contributed by atoms with van der Waals surface area (Å²) < 4.78 is 1.13. The fourth-order valence-electron chi connectivity index (χ4n) is 1.38. The summed E-state index contributed by atoms with van der Waals surface area (Å²) in [5.74, 6) is 0. The first-order chi connectivity index (χ1) is 7.44. The zero-order valence-electron chi connectivity index (χ0n) is 9.97. The summed E-state index contributed by atoms with van der Waals surface area (Å²) in [6, 6.07) is 8.57. The van der Waals surface area contributed by atoms with Crippen molar-refractivity contribution < 1.29 is 0 Å². The lowest BCUT2D eigenvalue weighted by Crippen LogP contribution is -2.27. The summed E-state index contributed by atoms with van der Waals surface area (Å²) in [5.41, 5.74) is 2.18. The lowest BCUT2D eigenvalue weighted by molar-refractivity contribution is 0.445. The van der Waals surface area contributed by atoms with Gasteiger partial charge in [-0.05, 0) is 38.0 Å². The topological polar surface area (TPSA) is 35.8 Å². The molecule has 1 aromatic rings. The van der Waals surface area contributed by atoms with E-state index in [1.165, 1.54) is 11.1 Å². The van der Waals surface area contributed by atoms with Gasteiger partial charge in [-0.2, -0.15) is 5.26 Å². The average Bonchev–Trinajstić information content (AvgIpc) is 2.23. The maximum Gasteiger partial charge on any atom is 0.0697 e. The van der Waals surface area contributed by atoms with Crippen molar-refractivity contribution in [3.63, 3.8) is 0 Å². The van der Waals surface area contributed by atoms with E-state index in [0.717, 1.165) is 11.0 Å². The highest BCUT2D eigenvalue weighted by Gasteiger charge is 2.15. The highest BCUT2D eigenvalue weighted by molar-refractivity contribution is 9.10. The number of halogens is 1. The number of benzene rings is 1. The Kier molecular flexibility index (Phi) is 4.52. The molecular formula is C13H17BrN2. The zero-order valence-corrected chi connectivity index (χ0v) is 11.6. The van der Waals surface area contributed by atoms with Gasteiger partial charge in [0.15, 0.2) is 0 Å². The molecule has 0 heterocycles. The molecule has 0 spiro atoms. The van der Waals surface area contributed by atoms with Crippen molar-refractivity contribution in [1.29, 1.82) is 5.26 Å². The summed E-state index contributed by atoms with van der Waals surface area (Å²) in [7, 11) is 0. The van der Waals surface area contributed by atoms with E-state index in [1.54, 1.807) is 0 Å². The molecule has 0 aliphatic rings. The van der Waals surface area contributed by atoms with E-state index in [-0.39, 0.29) is 5.41 Å². The number of nitriles is 1. The molecule has 0 saturated carbocycles. The lowest BCUT2D eigenvalue weighted by Gasteiger charge is -2.16. The van der Waals surface area contributed by atoms with Gasteiger partial charge in [0.2, 0.25) is 0 Å². The third kappa shape index (κ3) is 3.96. The molecule has 1 aromatic carbocycles. The van der Waals surface area contributed by atoms with Crippen molar-refractivity contribution in [1.82, 2.24) is 5.32 Å². The van der Waals surface area contributed by atoms with E-state index in [9.17, 15) is 0 Å². The van der Waals surface area contributed by atoms with Crippen LogP contribution in [0.4, 0.5) is 0 Å². The summed E-state index contributed by atoms with van der Waals surface area (Å²) in [4.78, 5) is 0. The van der Waals surface area contributed by atoms with Crippen molar-refractivity contribution in [3.8, 4) is 6.07 Å². The van der Waals surface area contributed by atoms with Gasteiger partial charge < -0.3 is 5.32 Å². The monoisotopic (exact) mass is 280 g/mol. The molecule has 0 radical (unpaired) electrons. The second kappa shape index (κ2) is 5.47. The summed E-state index contributed by atoms with van der Waals surface area (Å²) in [6.07, 6.45) is 0. The maximum atomic E-state index is 8.88. The molecule has 86 valence electrons. The Hall–Kier alpha value is -0.850. The van der Waals surface area contributed by atoms with Crippen LogP contribution in [0.25, 0.3) is 0 Å². The van der Waals surface area contributed by atoms with Crippen molar-refractivity contribution in [2.75, 3.05) is 6.54 Å². The van der Waals surface area contributed by atoms with Crippen molar-refractivity contribution in [2.24, 2.45) is 5.41 Å². The number of nitrogens with one attached hydrogen (secondary N) is 1. The van der Waals surface area contributed by atoms with E-state index in [2.05, 4.69) is 52.4 Å². The Morgan fingerprint density at radius 2 is 2.12 bits per heavy atom. The van der Waals surface area contributed by atoms with Crippen LogP contribution in [0.15, 0.2) is 22.7 Å². The number of nitrogens with zero attached hydrogens (tertiary/aromatic N) is 1. The Morgan fingerprint density at radius 1 is 1.44 bits per heavy atom. The third-order valence-electron chi connectivity index (χ3n) is 2.42. The Bertz CT molecular complexity index is 405. The Labute approximate surface area is 106 Å². The van der Waals surface area contributed by atoms with Gasteiger partial charge in [-0.1, -0.05) is 28.1 Å². The van der Waals surface area contributed by atoms with E-state index >= 15 is 0 Å². The first-order valence-electron chi connectivity index (χ1n) is 5.31. The average molecular weight is 281 g/mol. The van der Waals surface area contributed by atoms with Crippen molar-refractivity contribution in [2.45, 2.75) is 27.3 Å². The van der Waals surface area contributed by atoms with Crippen molar-refractivity contribution >= 4 is 15.9 Å². The molecule has 0 aromatic heterocycles. The quantitative estimate of drug-likeness (QED) is 0.918. The second-order valence-electron chi connectivity index (χ2n) is 4.68. The van der Waals surface area contributed by atoms with Crippen LogP contribution >= 0.6 is 15.9 Å². The maximum absolute atomic E-state index is 8.88. The minimum absolute atomic E-state index is 0.301. The minimum atomic E-state index is -0.301. The van der Waals surface area contributed by atoms with E-state index in [4.69, 9.17) is 5.26 Å². The first-order valence-corrected chi connectivity index (χ1v) is 6.11. The normalized spacial score (nSPS) is 11.2. The number of aryl methyl sites for hydroxylation is 1. The van der Waals surface area contributed by atoms with Gasteiger partial charge in [-0.15, -0.1) is 0 Å². The molecule has 16 heavy (non-hydrogen) atoms. The second-order valence-corrected chi connectivity index (χ2v) is 5.54. The minimum Gasteiger partial charge on any atom is -0.311 e. The fraction of sp³-hybridized carbons (Fsp3) is 0.462. The molecule has 0 amide bonds. The Balaban J connectivity index is 2.50. The number of hydrogen-bond acceptors (Lipinski definition) is 2. The molecule has 0 saturated heterocycles. The summed E-state index contributed by atoms with van der Waals surface area (Å²) >= 11 is 3.48. The van der Waals surface area contributed by atoms with Crippen LogP contribution in [0.2, 0.25) is 0 Å². The molecule has 1 rings (SSSR count). The fourth-order valence-corrected chi connectivity index (χ4v) is 1.62. The van der Waals surface area contributed by atoms with Crippen LogP contribution in [-0.4, -0.2) is 6.54 Å². The van der Waals surface area contributed by atoms with Gasteiger partial charge in [0, 0.05) is 17.6 Å². The number of hydrogen-bond donors (Lipinski definition) is 1. The van der Waals surface area contributed by atoms with Gasteiger partial charge >= 0.3 is 0 Å². The Morgan fingerprint density at radius 3 is 2.69 bits per heavy atom. The van der Waals surface area contributed by atoms with Crippen LogP contribution in [0.1, 0.15) is 25.0 Å². The molecule has 3 heteroatoms. The molecule has 0 aliphatic carbocycles.